The highest BCUT2D eigenvalue weighted by Crippen LogP contribution is 2.29. The average molecular weight is 406 g/mol. The van der Waals surface area contributed by atoms with E-state index in [1.807, 2.05) is 31.0 Å². The van der Waals surface area contributed by atoms with Gasteiger partial charge in [0.05, 0.1) is 17.2 Å². The SMILES string of the molecule is CCCN(CC)C(=O)c1cc(-c2nc3cc(N4CCCC4)ncc3[nH]2)c(C)cc1C. The summed E-state index contributed by atoms with van der Waals surface area (Å²) in [5.74, 6) is 1.87. The zero-order chi connectivity index (χ0) is 21.3. The Labute approximate surface area is 178 Å². The number of imidazole rings is 1. The van der Waals surface area contributed by atoms with Crippen LogP contribution in [0.5, 0.6) is 0 Å². The Kier molecular flexibility index (Phi) is 5.75. The molecule has 1 N–H and O–H groups in total. The molecule has 2 aromatic heterocycles. The predicted molar refractivity (Wildman–Crippen MR) is 122 cm³/mol. The first-order valence-corrected chi connectivity index (χ1v) is 11.0. The first-order chi connectivity index (χ1) is 14.5. The Hall–Kier alpha value is -2.89. The van der Waals surface area contributed by atoms with E-state index in [9.17, 15) is 4.79 Å². The number of rotatable bonds is 6. The van der Waals surface area contributed by atoms with Gasteiger partial charge < -0.3 is 14.8 Å². The largest absolute Gasteiger partial charge is 0.357 e. The van der Waals surface area contributed by atoms with E-state index in [-0.39, 0.29) is 5.91 Å². The number of nitrogens with zero attached hydrogens (tertiary/aromatic N) is 4. The van der Waals surface area contributed by atoms with E-state index in [0.717, 1.165) is 71.0 Å². The summed E-state index contributed by atoms with van der Waals surface area (Å²) in [4.78, 5) is 30.2. The maximum absolute atomic E-state index is 13.1. The standard InChI is InChI=1S/C24H31N5O/c1-5-9-28(6-2)24(30)19-13-18(16(3)12-17(19)4)23-26-20-14-22(25-15-21(20)27-23)29-10-7-8-11-29/h12-15H,5-11H2,1-4H3,(H,26,27). The molecule has 1 amide bonds. The fraction of sp³-hybridized carbons (Fsp3) is 0.458. The molecule has 1 aliphatic heterocycles. The summed E-state index contributed by atoms with van der Waals surface area (Å²) in [5.41, 5.74) is 5.66. The number of benzene rings is 1. The fourth-order valence-corrected chi connectivity index (χ4v) is 4.33. The first-order valence-electron chi connectivity index (χ1n) is 11.0. The molecule has 1 aromatic carbocycles. The van der Waals surface area contributed by atoms with Gasteiger partial charge in [0.2, 0.25) is 0 Å². The maximum Gasteiger partial charge on any atom is 0.254 e. The van der Waals surface area contributed by atoms with Gasteiger partial charge >= 0.3 is 0 Å². The van der Waals surface area contributed by atoms with Crippen molar-refractivity contribution in [1.82, 2.24) is 19.9 Å². The third-order valence-electron chi connectivity index (χ3n) is 6.00. The molecule has 158 valence electrons. The normalized spacial score (nSPS) is 13.9. The fourth-order valence-electron chi connectivity index (χ4n) is 4.33. The van der Waals surface area contributed by atoms with Crippen molar-refractivity contribution < 1.29 is 4.79 Å². The topological polar surface area (TPSA) is 65.1 Å². The Balaban J connectivity index is 1.72. The number of hydrogen-bond donors (Lipinski definition) is 1. The molecule has 3 heterocycles. The summed E-state index contributed by atoms with van der Waals surface area (Å²) in [7, 11) is 0. The zero-order valence-electron chi connectivity index (χ0n) is 18.5. The van der Waals surface area contributed by atoms with E-state index >= 15 is 0 Å². The number of aromatic amines is 1. The summed E-state index contributed by atoms with van der Waals surface area (Å²) in [6.45, 7) is 11.8. The highest BCUT2D eigenvalue weighted by Gasteiger charge is 2.20. The van der Waals surface area contributed by atoms with Crippen LogP contribution in [0.3, 0.4) is 0 Å². The van der Waals surface area contributed by atoms with Gasteiger partial charge in [0.25, 0.3) is 5.91 Å². The van der Waals surface area contributed by atoms with Crippen LogP contribution in [0.1, 0.15) is 54.6 Å². The van der Waals surface area contributed by atoms with Crippen LogP contribution in [0, 0.1) is 13.8 Å². The highest BCUT2D eigenvalue weighted by molar-refractivity contribution is 5.97. The molecule has 1 saturated heterocycles. The molecule has 4 rings (SSSR count). The number of anilines is 1. The zero-order valence-corrected chi connectivity index (χ0v) is 18.5. The molecule has 3 aromatic rings. The first kappa shape index (κ1) is 20.4. The molecule has 30 heavy (non-hydrogen) atoms. The molecular weight excluding hydrogens is 374 g/mol. The summed E-state index contributed by atoms with van der Waals surface area (Å²) in [6.07, 6.45) is 5.26. The highest BCUT2D eigenvalue weighted by atomic mass is 16.2. The van der Waals surface area contributed by atoms with E-state index in [1.54, 1.807) is 0 Å². The molecular formula is C24H31N5O. The third kappa shape index (κ3) is 3.78. The number of carbonyl (C=O) groups excluding carboxylic acids is 1. The summed E-state index contributed by atoms with van der Waals surface area (Å²) >= 11 is 0. The lowest BCUT2D eigenvalue weighted by atomic mass is 9.98. The summed E-state index contributed by atoms with van der Waals surface area (Å²) in [5, 5.41) is 0. The Bertz CT molecular complexity index is 1060. The monoisotopic (exact) mass is 405 g/mol. The van der Waals surface area contributed by atoms with E-state index in [2.05, 4.69) is 40.8 Å². The van der Waals surface area contributed by atoms with Gasteiger partial charge in [-0.25, -0.2) is 9.97 Å². The molecule has 0 bridgehead atoms. The third-order valence-corrected chi connectivity index (χ3v) is 6.00. The van der Waals surface area contributed by atoms with Gasteiger partial charge in [-0.2, -0.15) is 0 Å². The number of fused-ring (bicyclic) bond motifs is 1. The van der Waals surface area contributed by atoms with Crippen LogP contribution in [0.2, 0.25) is 0 Å². The van der Waals surface area contributed by atoms with E-state index in [0.29, 0.717) is 6.54 Å². The lowest BCUT2D eigenvalue weighted by Gasteiger charge is -2.22. The second-order valence-corrected chi connectivity index (χ2v) is 8.21. The number of pyridine rings is 1. The summed E-state index contributed by atoms with van der Waals surface area (Å²) in [6, 6.07) is 6.15. The van der Waals surface area contributed by atoms with Crippen LogP contribution < -0.4 is 4.90 Å². The van der Waals surface area contributed by atoms with Crippen molar-refractivity contribution in [3.63, 3.8) is 0 Å². The number of nitrogens with one attached hydrogen (secondary N) is 1. The molecule has 0 radical (unpaired) electrons. The van der Waals surface area contributed by atoms with Gasteiger partial charge in [-0.15, -0.1) is 0 Å². The number of H-pyrrole nitrogens is 1. The number of hydrogen-bond acceptors (Lipinski definition) is 4. The van der Waals surface area contributed by atoms with Crippen molar-refractivity contribution in [2.45, 2.75) is 47.0 Å². The number of amides is 1. The molecule has 6 heteroatoms. The molecule has 0 aliphatic carbocycles. The number of aromatic nitrogens is 3. The van der Waals surface area contributed by atoms with E-state index in [4.69, 9.17) is 4.98 Å². The lowest BCUT2D eigenvalue weighted by molar-refractivity contribution is 0.0764. The molecule has 0 atom stereocenters. The molecule has 0 spiro atoms. The van der Waals surface area contributed by atoms with E-state index < -0.39 is 0 Å². The van der Waals surface area contributed by atoms with Gasteiger partial charge in [-0.1, -0.05) is 13.0 Å². The van der Waals surface area contributed by atoms with Crippen LogP contribution in [0.15, 0.2) is 24.4 Å². The molecule has 1 fully saturated rings. The van der Waals surface area contributed by atoms with Crippen LogP contribution in [0.25, 0.3) is 22.4 Å². The molecule has 6 nitrogen and oxygen atoms in total. The van der Waals surface area contributed by atoms with Gasteiger partial charge in [0.1, 0.15) is 11.6 Å². The van der Waals surface area contributed by atoms with Crippen LogP contribution in [0.4, 0.5) is 5.82 Å². The van der Waals surface area contributed by atoms with Gasteiger partial charge in [-0.3, -0.25) is 4.79 Å². The maximum atomic E-state index is 13.1. The van der Waals surface area contributed by atoms with Gasteiger partial charge in [0, 0.05) is 43.4 Å². The van der Waals surface area contributed by atoms with Crippen molar-refractivity contribution in [3.8, 4) is 11.4 Å². The second-order valence-electron chi connectivity index (χ2n) is 8.21. The van der Waals surface area contributed by atoms with Crippen LogP contribution in [-0.4, -0.2) is 51.9 Å². The average Bonchev–Trinajstić information content (AvgIpc) is 3.40. The van der Waals surface area contributed by atoms with Crippen molar-refractivity contribution >= 4 is 22.8 Å². The van der Waals surface area contributed by atoms with Crippen molar-refractivity contribution in [2.75, 3.05) is 31.1 Å². The minimum absolute atomic E-state index is 0.0900. The van der Waals surface area contributed by atoms with E-state index in [1.165, 1.54) is 12.8 Å². The Morgan fingerprint density at radius 1 is 1.13 bits per heavy atom. The van der Waals surface area contributed by atoms with Crippen molar-refractivity contribution in [1.29, 1.82) is 0 Å². The summed E-state index contributed by atoms with van der Waals surface area (Å²) < 4.78 is 0. The minimum Gasteiger partial charge on any atom is -0.357 e. The second kappa shape index (κ2) is 8.46. The molecule has 0 unspecified atom stereocenters. The van der Waals surface area contributed by atoms with Crippen molar-refractivity contribution in [2.24, 2.45) is 0 Å². The van der Waals surface area contributed by atoms with Crippen molar-refractivity contribution in [3.05, 3.63) is 41.1 Å². The molecule has 1 aliphatic rings. The number of carbonyl (C=O) groups is 1. The number of aryl methyl sites for hydroxylation is 2. The predicted octanol–water partition coefficient (Wildman–Crippen LogP) is 4.71. The van der Waals surface area contributed by atoms with Crippen LogP contribution >= 0.6 is 0 Å². The Morgan fingerprint density at radius 3 is 2.60 bits per heavy atom. The smallest absolute Gasteiger partial charge is 0.254 e. The van der Waals surface area contributed by atoms with Gasteiger partial charge in [-0.05, 0) is 57.2 Å². The van der Waals surface area contributed by atoms with Crippen LogP contribution in [-0.2, 0) is 0 Å². The molecule has 0 saturated carbocycles. The lowest BCUT2D eigenvalue weighted by Crippen LogP contribution is -2.32. The minimum atomic E-state index is 0.0900. The van der Waals surface area contributed by atoms with Gasteiger partial charge in [0.15, 0.2) is 0 Å². The Morgan fingerprint density at radius 2 is 1.90 bits per heavy atom. The quantitative estimate of drug-likeness (QED) is 0.645.